The molecule has 0 saturated carbocycles. The number of likely N-dealkylation sites (tertiary alicyclic amines) is 1. The van der Waals surface area contributed by atoms with Crippen molar-refractivity contribution in [2.75, 3.05) is 13.1 Å². The van der Waals surface area contributed by atoms with E-state index in [0.29, 0.717) is 13.1 Å². The molecule has 0 bridgehead atoms. The van der Waals surface area contributed by atoms with E-state index in [4.69, 9.17) is 4.74 Å². The van der Waals surface area contributed by atoms with Gasteiger partial charge in [0, 0.05) is 25.9 Å². The van der Waals surface area contributed by atoms with E-state index in [9.17, 15) is 4.79 Å². The molecule has 24 heavy (non-hydrogen) atoms. The van der Waals surface area contributed by atoms with E-state index in [-0.39, 0.29) is 18.1 Å². The first-order valence-corrected chi connectivity index (χ1v) is 8.42. The summed E-state index contributed by atoms with van der Waals surface area (Å²) in [7, 11) is 0. The minimum Gasteiger partial charge on any atom is -0.490 e. The molecule has 3 rings (SSSR count). The Labute approximate surface area is 142 Å². The van der Waals surface area contributed by atoms with Gasteiger partial charge in [-0.15, -0.1) is 0 Å². The van der Waals surface area contributed by atoms with Gasteiger partial charge in [0.1, 0.15) is 30.5 Å². The molecular weight excluding hydrogens is 304 g/mol. The van der Waals surface area contributed by atoms with Crippen LogP contribution in [0.1, 0.15) is 36.9 Å². The molecule has 1 aromatic heterocycles. The normalized spacial score (nSPS) is 16.9. The summed E-state index contributed by atoms with van der Waals surface area (Å²) < 4.78 is 7.81. The summed E-state index contributed by atoms with van der Waals surface area (Å²) in [5, 5.41) is 4.06. The number of aryl methyl sites for hydroxylation is 2. The Kier molecular flexibility index (Phi) is 4.83. The Bertz CT molecular complexity index is 671. The molecule has 2 aromatic rings. The van der Waals surface area contributed by atoms with Crippen LogP contribution in [0.2, 0.25) is 0 Å². The number of amides is 1. The third-order valence-corrected chi connectivity index (χ3v) is 4.64. The van der Waals surface area contributed by atoms with Crippen LogP contribution >= 0.6 is 0 Å². The van der Waals surface area contributed by atoms with Crippen molar-refractivity contribution in [1.82, 2.24) is 19.7 Å². The maximum atomic E-state index is 12.6. The fourth-order valence-electron chi connectivity index (χ4n) is 3.14. The Morgan fingerprint density at radius 2 is 1.92 bits per heavy atom. The highest BCUT2D eigenvalue weighted by Crippen LogP contribution is 2.26. The van der Waals surface area contributed by atoms with Crippen LogP contribution in [0.4, 0.5) is 0 Å². The van der Waals surface area contributed by atoms with Crippen LogP contribution < -0.4 is 4.74 Å². The molecule has 0 N–H and O–H groups in total. The number of aromatic nitrogens is 3. The number of rotatable bonds is 4. The molecular formula is C18H24N4O2. The Balaban J connectivity index is 1.57. The average Bonchev–Trinajstić information content (AvgIpc) is 3.12. The number of carbonyl (C=O) groups excluding carboxylic acids is 1. The summed E-state index contributed by atoms with van der Waals surface area (Å²) in [6.45, 7) is 7.43. The first-order chi connectivity index (χ1) is 11.6. The zero-order chi connectivity index (χ0) is 17.1. The van der Waals surface area contributed by atoms with Gasteiger partial charge in [-0.2, -0.15) is 5.10 Å². The monoisotopic (exact) mass is 328 g/mol. The lowest BCUT2D eigenvalue weighted by atomic mass is 10.1. The smallest absolute Gasteiger partial charge is 0.247 e. The first-order valence-electron chi connectivity index (χ1n) is 8.42. The number of benzene rings is 1. The van der Waals surface area contributed by atoms with Gasteiger partial charge >= 0.3 is 0 Å². The molecule has 6 nitrogen and oxygen atoms in total. The number of ether oxygens (including phenoxy) is 1. The standard InChI is InChI=1S/C18H24N4O2/c1-13-5-4-6-14(2)17(13)24-16-7-9-21(10-8-16)18(23)15(3)22-12-19-11-20-22/h4-6,11-12,15-16H,7-10H2,1-3H3/t15-/m1/s1. The highest BCUT2D eigenvalue weighted by Gasteiger charge is 2.28. The molecule has 6 heteroatoms. The summed E-state index contributed by atoms with van der Waals surface area (Å²) in [6.07, 6.45) is 4.90. The minimum absolute atomic E-state index is 0.0889. The number of hydrogen-bond donors (Lipinski definition) is 0. The Morgan fingerprint density at radius 3 is 2.50 bits per heavy atom. The van der Waals surface area contributed by atoms with E-state index in [2.05, 4.69) is 36.1 Å². The maximum Gasteiger partial charge on any atom is 0.247 e. The third kappa shape index (κ3) is 3.42. The van der Waals surface area contributed by atoms with Gasteiger partial charge < -0.3 is 9.64 Å². The lowest BCUT2D eigenvalue weighted by molar-refractivity contribution is -0.136. The van der Waals surface area contributed by atoms with Gasteiger partial charge in [-0.3, -0.25) is 4.79 Å². The van der Waals surface area contributed by atoms with Gasteiger partial charge in [-0.05, 0) is 31.9 Å². The molecule has 128 valence electrons. The second-order valence-corrected chi connectivity index (χ2v) is 6.41. The van der Waals surface area contributed by atoms with Gasteiger partial charge in [0.2, 0.25) is 5.91 Å². The van der Waals surface area contributed by atoms with Crippen molar-refractivity contribution < 1.29 is 9.53 Å². The summed E-state index contributed by atoms with van der Waals surface area (Å²) in [6, 6.07) is 5.87. The van der Waals surface area contributed by atoms with Crippen molar-refractivity contribution in [2.24, 2.45) is 0 Å². The molecule has 1 atom stereocenters. The van der Waals surface area contributed by atoms with Crippen molar-refractivity contribution in [3.63, 3.8) is 0 Å². The van der Waals surface area contributed by atoms with Crippen LogP contribution in [-0.2, 0) is 4.79 Å². The second kappa shape index (κ2) is 7.03. The second-order valence-electron chi connectivity index (χ2n) is 6.41. The van der Waals surface area contributed by atoms with Crippen LogP contribution in [0.5, 0.6) is 5.75 Å². The van der Waals surface area contributed by atoms with Crippen molar-refractivity contribution in [1.29, 1.82) is 0 Å². The lowest BCUT2D eigenvalue weighted by Crippen LogP contribution is -2.44. The molecule has 1 aromatic carbocycles. The van der Waals surface area contributed by atoms with E-state index in [1.807, 2.05) is 17.9 Å². The van der Waals surface area contributed by atoms with Gasteiger partial charge in [0.15, 0.2) is 0 Å². The summed E-state index contributed by atoms with van der Waals surface area (Å²) in [5.41, 5.74) is 2.32. The molecule has 1 aliphatic heterocycles. The Morgan fingerprint density at radius 1 is 1.25 bits per heavy atom. The highest BCUT2D eigenvalue weighted by molar-refractivity contribution is 5.80. The van der Waals surface area contributed by atoms with Crippen LogP contribution in [0.15, 0.2) is 30.9 Å². The average molecular weight is 328 g/mol. The number of hydrogen-bond acceptors (Lipinski definition) is 4. The summed E-state index contributed by atoms with van der Waals surface area (Å²) in [5.74, 6) is 1.07. The van der Waals surface area contributed by atoms with Gasteiger partial charge in [-0.25, -0.2) is 9.67 Å². The third-order valence-electron chi connectivity index (χ3n) is 4.64. The van der Waals surface area contributed by atoms with Gasteiger partial charge in [0.05, 0.1) is 0 Å². The van der Waals surface area contributed by atoms with E-state index in [1.165, 1.54) is 6.33 Å². The molecule has 0 spiro atoms. The zero-order valence-electron chi connectivity index (χ0n) is 14.5. The van der Waals surface area contributed by atoms with Crippen LogP contribution in [0.25, 0.3) is 0 Å². The molecule has 0 aliphatic carbocycles. The number of piperidine rings is 1. The van der Waals surface area contributed by atoms with Crippen molar-refractivity contribution in [3.8, 4) is 5.75 Å². The van der Waals surface area contributed by atoms with Gasteiger partial charge in [-0.1, -0.05) is 18.2 Å². The van der Waals surface area contributed by atoms with Crippen LogP contribution in [0.3, 0.4) is 0 Å². The van der Waals surface area contributed by atoms with Crippen molar-refractivity contribution in [3.05, 3.63) is 42.0 Å². The predicted octanol–water partition coefficient (Wildman–Crippen LogP) is 2.53. The van der Waals surface area contributed by atoms with Crippen molar-refractivity contribution in [2.45, 2.75) is 45.8 Å². The number of carbonyl (C=O) groups is 1. The fraction of sp³-hybridized carbons (Fsp3) is 0.500. The van der Waals surface area contributed by atoms with E-state index < -0.39 is 0 Å². The maximum absolute atomic E-state index is 12.6. The van der Waals surface area contributed by atoms with Crippen LogP contribution in [0, 0.1) is 13.8 Å². The minimum atomic E-state index is -0.316. The van der Waals surface area contributed by atoms with E-state index >= 15 is 0 Å². The predicted molar refractivity (Wildman–Crippen MR) is 90.9 cm³/mol. The lowest BCUT2D eigenvalue weighted by Gasteiger charge is -2.34. The molecule has 0 radical (unpaired) electrons. The molecule has 2 heterocycles. The topological polar surface area (TPSA) is 60.2 Å². The van der Waals surface area contributed by atoms with E-state index in [0.717, 1.165) is 29.7 Å². The quantitative estimate of drug-likeness (QED) is 0.865. The molecule has 1 amide bonds. The molecule has 0 unspecified atom stereocenters. The largest absolute Gasteiger partial charge is 0.490 e. The highest BCUT2D eigenvalue weighted by atomic mass is 16.5. The van der Waals surface area contributed by atoms with E-state index in [1.54, 1.807) is 11.0 Å². The first kappa shape index (κ1) is 16.5. The SMILES string of the molecule is Cc1cccc(C)c1OC1CCN(C(=O)[C@@H](C)n2cncn2)CC1. The molecule has 1 aliphatic rings. The Hall–Kier alpha value is -2.37. The molecule has 1 saturated heterocycles. The molecule has 1 fully saturated rings. The summed E-state index contributed by atoms with van der Waals surface area (Å²) in [4.78, 5) is 18.4. The summed E-state index contributed by atoms with van der Waals surface area (Å²) >= 11 is 0. The fourth-order valence-corrected chi connectivity index (χ4v) is 3.14. The zero-order valence-corrected chi connectivity index (χ0v) is 14.5. The van der Waals surface area contributed by atoms with Crippen LogP contribution in [-0.4, -0.2) is 44.8 Å². The number of para-hydroxylation sites is 1. The van der Waals surface area contributed by atoms with Crippen molar-refractivity contribution >= 4 is 5.91 Å². The number of nitrogens with zero attached hydrogens (tertiary/aromatic N) is 4. The van der Waals surface area contributed by atoms with Gasteiger partial charge in [0.25, 0.3) is 0 Å².